The molecule has 0 aliphatic carbocycles. The Bertz CT molecular complexity index is 855. The van der Waals surface area contributed by atoms with E-state index in [9.17, 15) is 14.0 Å². The number of H-pyrrole nitrogens is 1. The first-order valence-corrected chi connectivity index (χ1v) is 9.80. The summed E-state index contributed by atoms with van der Waals surface area (Å²) in [5.41, 5.74) is 1.68. The zero-order valence-corrected chi connectivity index (χ0v) is 17.1. The first-order valence-electron chi connectivity index (χ1n) is 9.01. The SMILES string of the molecule is CC(C)[C@H](NC(=O)O)C(=O)N1C[C@@H](F)C[C@H]1c1ncc(-c2ccc(Br)cc2)[nH]1. The molecule has 0 saturated carbocycles. The Kier molecular flexibility index (Phi) is 6.02. The minimum absolute atomic E-state index is 0.0810. The van der Waals surface area contributed by atoms with Gasteiger partial charge in [0.2, 0.25) is 5.91 Å². The Hall–Kier alpha value is -2.42. The molecule has 1 aromatic carbocycles. The number of halogens is 2. The summed E-state index contributed by atoms with van der Waals surface area (Å²) in [7, 11) is 0. The van der Waals surface area contributed by atoms with Gasteiger partial charge in [0.25, 0.3) is 0 Å². The van der Waals surface area contributed by atoms with Crippen LogP contribution in [-0.2, 0) is 4.79 Å². The van der Waals surface area contributed by atoms with Gasteiger partial charge in [-0.1, -0.05) is 41.9 Å². The third-order valence-electron chi connectivity index (χ3n) is 4.81. The maximum atomic E-state index is 14.2. The lowest BCUT2D eigenvalue weighted by Gasteiger charge is -2.29. The quantitative estimate of drug-likeness (QED) is 0.643. The maximum absolute atomic E-state index is 14.2. The average molecular weight is 453 g/mol. The highest BCUT2D eigenvalue weighted by Gasteiger charge is 2.41. The van der Waals surface area contributed by atoms with Crippen molar-refractivity contribution in [3.63, 3.8) is 0 Å². The lowest BCUT2D eigenvalue weighted by atomic mass is 10.0. The number of nitrogens with one attached hydrogen (secondary N) is 2. The second kappa shape index (κ2) is 8.30. The Balaban J connectivity index is 1.85. The minimum Gasteiger partial charge on any atom is -0.465 e. The maximum Gasteiger partial charge on any atom is 0.405 e. The molecule has 0 unspecified atom stereocenters. The second-order valence-corrected chi connectivity index (χ2v) is 8.12. The Morgan fingerprint density at radius 2 is 2.04 bits per heavy atom. The van der Waals surface area contributed by atoms with Crippen LogP contribution in [0.3, 0.4) is 0 Å². The summed E-state index contributed by atoms with van der Waals surface area (Å²) in [6.07, 6.45) is -0.693. The number of imidazole rings is 1. The van der Waals surface area contributed by atoms with E-state index in [2.05, 4.69) is 31.2 Å². The number of likely N-dealkylation sites (tertiary alicyclic amines) is 1. The van der Waals surface area contributed by atoms with E-state index in [4.69, 9.17) is 5.11 Å². The van der Waals surface area contributed by atoms with Crippen molar-refractivity contribution in [2.24, 2.45) is 5.92 Å². The number of alkyl halides is 1. The van der Waals surface area contributed by atoms with Crippen LogP contribution in [-0.4, -0.2) is 50.7 Å². The van der Waals surface area contributed by atoms with Gasteiger partial charge in [0, 0.05) is 10.9 Å². The molecule has 1 aliphatic rings. The van der Waals surface area contributed by atoms with E-state index in [0.29, 0.717) is 5.82 Å². The largest absolute Gasteiger partial charge is 0.465 e. The van der Waals surface area contributed by atoms with E-state index in [1.54, 1.807) is 20.0 Å². The summed E-state index contributed by atoms with van der Waals surface area (Å²) in [5.74, 6) is -0.216. The number of aromatic amines is 1. The van der Waals surface area contributed by atoms with Crippen LogP contribution in [0.1, 0.15) is 32.1 Å². The van der Waals surface area contributed by atoms with E-state index >= 15 is 0 Å². The van der Waals surface area contributed by atoms with Gasteiger partial charge in [-0.15, -0.1) is 0 Å². The molecule has 150 valence electrons. The number of nitrogens with zero attached hydrogens (tertiary/aromatic N) is 2. The highest BCUT2D eigenvalue weighted by atomic mass is 79.9. The number of hydrogen-bond acceptors (Lipinski definition) is 3. The molecular formula is C19H22BrFN4O3. The van der Waals surface area contributed by atoms with Crippen molar-refractivity contribution >= 4 is 27.9 Å². The Morgan fingerprint density at radius 3 is 2.64 bits per heavy atom. The van der Waals surface area contributed by atoms with Crippen LogP contribution in [0.2, 0.25) is 0 Å². The van der Waals surface area contributed by atoms with Gasteiger partial charge in [-0.25, -0.2) is 14.2 Å². The van der Waals surface area contributed by atoms with Crippen molar-refractivity contribution in [3.8, 4) is 11.3 Å². The van der Waals surface area contributed by atoms with Crippen molar-refractivity contribution in [3.05, 3.63) is 40.8 Å². The van der Waals surface area contributed by atoms with Crippen LogP contribution in [0.4, 0.5) is 9.18 Å². The van der Waals surface area contributed by atoms with Crippen molar-refractivity contribution in [1.82, 2.24) is 20.2 Å². The van der Waals surface area contributed by atoms with E-state index in [-0.39, 0.29) is 18.9 Å². The molecule has 2 heterocycles. The van der Waals surface area contributed by atoms with Gasteiger partial charge in [-0.3, -0.25) is 4.79 Å². The summed E-state index contributed by atoms with van der Waals surface area (Å²) in [5, 5.41) is 11.3. The van der Waals surface area contributed by atoms with Crippen molar-refractivity contribution in [2.45, 2.75) is 38.5 Å². The lowest BCUT2D eigenvalue weighted by molar-refractivity contribution is -0.135. The van der Waals surface area contributed by atoms with Gasteiger partial charge in [0.15, 0.2) is 0 Å². The molecule has 3 rings (SSSR count). The van der Waals surface area contributed by atoms with Gasteiger partial charge < -0.3 is 20.3 Å². The Labute approximate surface area is 170 Å². The molecule has 0 radical (unpaired) electrons. The number of amides is 2. The van der Waals surface area contributed by atoms with Crippen molar-refractivity contribution in [1.29, 1.82) is 0 Å². The molecule has 1 aromatic heterocycles. The molecule has 3 N–H and O–H groups in total. The molecule has 1 fully saturated rings. The Morgan fingerprint density at radius 1 is 1.36 bits per heavy atom. The molecule has 0 spiro atoms. The van der Waals surface area contributed by atoms with Crippen LogP contribution in [0.15, 0.2) is 34.9 Å². The van der Waals surface area contributed by atoms with Crippen LogP contribution in [0, 0.1) is 5.92 Å². The van der Waals surface area contributed by atoms with Gasteiger partial charge >= 0.3 is 6.09 Å². The first kappa shape index (κ1) is 20.3. The van der Waals surface area contributed by atoms with Crippen LogP contribution in [0.25, 0.3) is 11.3 Å². The zero-order valence-electron chi connectivity index (χ0n) is 15.5. The molecule has 2 aromatic rings. The summed E-state index contributed by atoms with van der Waals surface area (Å²) < 4.78 is 15.1. The van der Waals surface area contributed by atoms with Crippen molar-refractivity contribution < 1.29 is 19.1 Å². The van der Waals surface area contributed by atoms with Gasteiger partial charge in [0.05, 0.1) is 24.5 Å². The monoisotopic (exact) mass is 452 g/mol. The zero-order chi connectivity index (χ0) is 20.4. The lowest BCUT2D eigenvalue weighted by Crippen LogP contribution is -2.51. The van der Waals surface area contributed by atoms with E-state index in [0.717, 1.165) is 15.7 Å². The second-order valence-electron chi connectivity index (χ2n) is 7.20. The number of hydrogen-bond donors (Lipinski definition) is 3. The normalized spacial score (nSPS) is 20.4. The number of carboxylic acid groups (broad SMARTS) is 1. The molecule has 0 bridgehead atoms. The number of carbonyl (C=O) groups excluding carboxylic acids is 1. The standard InChI is InChI=1S/C19H22BrFN4O3/c1-10(2)16(24-19(27)28)18(26)25-9-13(21)7-15(25)17-22-8-14(23-17)11-3-5-12(20)6-4-11/h3-6,8,10,13,15-16,24H,7,9H2,1-2H3,(H,22,23)(H,27,28)/t13-,15-,16-/m0/s1. The average Bonchev–Trinajstić information content (AvgIpc) is 3.26. The van der Waals surface area contributed by atoms with Crippen LogP contribution in [0.5, 0.6) is 0 Å². The molecule has 3 atom stereocenters. The van der Waals surface area contributed by atoms with Crippen LogP contribution < -0.4 is 5.32 Å². The number of carbonyl (C=O) groups is 2. The van der Waals surface area contributed by atoms with Crippen molar-refractivity contribution in [2.75, 3.05) is 6.54 Å². The summed E-state index contributed by atoms with van der Waals surface area (Å²) in [6, 6.07) is 6.15. The van der Waals surface area contributed by atoms with E-state index in [1.807, 2.05) is 24.3 Å². The van der Waals surface area contributed by atoms with Gasteiger partial charge in [0.1, 0.15) is 18.0 Å². The highest BCUT2D eigenvalue weighted by Crippen LogP contribution is 2.34. The molecule has 28 heavy (non-hydrogen) atoms. The number of aromatic nitrogens is 2. The molecule has 9 heteroatoms. The molecule has 2 amide bonds. The van der Waals surface area contributed by atoms with Gasteiger partial charge in [-0.05, 0) is 23.6 Å². The molecular weight excluding hydrogens is 431 g/mol. The summed E-state index contributed by atoms with van der Waals surface area (Å²) in [6.45, 7) is 3.41. The predicted molar refractivity (Wildman–Crippen MR) is 105 cm³/mol. The molecule has 1 aliphatic heterocycles. The number of benzene rings is 1. The van der Waals surface area contributed by atoms with Crippen LogP contribution >= 0.6 is 15.9 Å². The first-order chi connectivity index (χ1) is 13.3. The summed E-state index contributed by atoms with van der Waals surface area (Å²) >= 11 is 3.39. The minimum atomic E-state index is -1.28. The smallest absolute Gasteiger partial charge is 0.405 e. The molecule has 1 saturated heterocycles. The van der Waals surface area contributed by atoms with Gasteiger partial charge in [-0.2, -0.15) is 0 Å². The fourth-order valence-electron chi connectivity index (χ4n) is 3.39. The highest BCUT2D eigenvalue weighted by molar-refractivity contribution is 9.10. The van der Waals surface area contributed by atoms with E-state index in [1.165, 1.54) is 4.90 Å². The molecule has 7 nitrogen and oxygen atoms in total. The third-order valence-corrected chi connectivity index (χ3v) is 5.34. The number of rotatable bonds is 5. The van der Waals surface area contributed by atoms with E-state index < -0.39 is 30.3 Å². The fourth-order valence-corrected chi connectivity index (χ4v) is 3.66. The third kappa shape index (κ3) is 4.35. The predicted octanol–water partition coefficient (Wildman–Crippen LogP) is 3.74. The summed E-state index contributed by atoms with van der Waals surface area (Å²) in [4.78, 5) is 32.9. The fraction of sp³-hybridized carbons (Fsp3) is 0.421. The topological polar surface area (TPSA) is 98.3 Å².